The van der Waals surface area contributed by atoms with Gasteiger partial charge in [0.15, 0.2) is 5.78 Å². The molecule has 0 radical (unpaired) electrons. The molecule has 0 aromatic rings. The van der Waals surface area contributed by atoms with Gasteiger partial charge in [0.1, 0.15) is 11.4 Å². The number of azo groups is 1. The van der Waals surface area contributed by atoms with E-state index in [0.29, 0.717) is 11.4 Å². The van der Waals surface area contributed by atoms with Crippen LogP contribution < -0.4 is 0 Å². The number of rotatable bonds is 0. The van der Waals surface area contributed by atoms with Gasteiger partial charge < -0.3 is 0 Å². The maximum absolute atomic E-state index is 10.7. The normalized spacial score (nSPS) is 20.6. The minimum Gasteiger partial charge on any atom is -0.288 e. The van der Waals surface area contributed by atoms with Gasteiger partial charge in [0.05, 0.1) is 12.4 Å². The third kappa shape index (κ3) is 0.621. The van der Waals surface area contributed by atoms with Crippen molar-refractivity contribution in [2.75, 3.05) is 0 Å². The van der Waals surface area contributed by atoms with Gasteiger partial charge in [0, 0.05) is 6.08 Å². The second-order valence-corrected chi connectivity index (χ2v) is 1.92. The van der Waals surface area contributed by atoms with E-state index < -0.39 is 0 Å². The molecule has 0 bridgehead atoms. The lowest BCUT2D eigenvalue weighted by atomic mass is 10.2. The number of hydrogen-bond donors (Lipinski definition) is 0. The van der Waals surface area contributed by atoms with Gasteiger partial charge >= 0.3 is 0 Å². The van der Waals surface area contributed by atoms with Gasteiger partial charge in [-0.25, -0.2) is 4.99 Å². The summed E-state index contributed by atoms with van der Waals surface area (Å²) in [6, 6.07) is 0. The first-order valence-corrected chi connectivity index (χ1v) is 2.77. The lowest BCUT2D eigenvalue weighted by Crippen LogP contribution is -2.01. The Morgan fingerprint density at radius 2 is 2.20 bits per heavy atom. The fourth-order valence-corrected chi connectivity index (χ4v) is 0.771. The molecule has 0 aliphatic carbocycles. The van der Waals surface area contributed by atoms with Gasteiger partial charge in [-0.3, -0.25) is 4.79 Å². The van der Waals surface area contributed by atoms with E-state index >= 15 is 0 Å². The van der Waals surface area contributed by atoms with Crippen molar-refractivity contribution < 1.29 is 4.79 Å². The van der Waals surface area contributed by atoms with Crippen LogP contribution in [0.25, 0.3) is 0 Å². The predicted molar refractivity (Wildman–Crippen MR) is 34.5 cm³/mol. The highest BCUT2D eigenvalue weighted by Crippen LogP contribution is 2.21. The van der Waals surface area contributed by atoms with Crippen molar-refractivity contribution in [2.24, 2.45) is 15.2 Å². The van der Waals surface area contributed by atoms with Crippen molar-refractivity contribution in [3.8, 4) is 0 Å². The zero-order valence-corrected chi connectivity index (χ0v) is 4.98. The van der Waals surface area contributed by atoms with Gasteiger partial charge in [-0.2, -0.15) is 5.11 Å². The highest BCUT2D eigenvalue weighted by Gasteiger charge is 2.13. The first-order valence-electron chi connectivity index (χ1n) is 2.77. The topological polar surface area (TPSA) is 54.1 Å². The molecule has 10 heavy (non-hydrogen) atoms. The van der Waals surface area contributed by atoms with Crippen molar-refractivity contribution in [1.29, 1.82) is 0 Å². The van der Waals surface area contributed by atoms with E-state index in [1.54, 1.807) is 0 Å². The average Bonchev–Trinajstić information content (AvgIpc) is 2.33. The molecule has 4 nitrogen and oxygen atoms in total. The molecule has 2 aliphatic heterocycles. The second-order valence-electron chi connectivity index (χ2n) is 1.92. The molecule has 4 heteroatoms. The first kappa shape index (κ1) is 5.22. The molecule has 0 spiro atoms. The van der Waals surface area contributed by atoms with Crippen molar-refractivity contribution in [3.05, 3.63) is 23.7 Å². The molecule has 0 atom stereocenters. The van der Waals surface area contributed by atoms with E-state index in [2.05, 4.69) is 15.2 Å². The summed E-state index contributed by atoms with van der Waals surface area (Å²) in [5.41, 5.74) is 1.23. The molecule has 0 amide bonds. The third-order valence-electron chi connectivity index (χ3n) is 1.22. The zero-order valence-electron chi connectivity index (χ0n) is 4.98. The Labute approximate surface area is 56.7 Å². The molecular weight excluding hydrogens is 130 g/mol. The van der Waals surface area contributed by atoms with E-state index in [9.17, 15) is 4.79 Å². The second kappa shape index (κ2) is 1.70. The van der Waals surface area contributed by atoms with Crippen LogP contribution in [0.2, 0.25) is 0 Å². The van der Waals surface area contributed by atoms with Crippen LogP contribution in [0.1, 0.15) is 0 Å². The van der Waals surface area contributed by atoms with Crippen LogP contribution in [0.4, 0.5) is 0 Å². The summed E-state index contributed by atoms with van der Waals surface area (Å²) in [5, 5.41) is 7.26. The van der Waals surface area contributed by atoms with E-state index in [1.165, 1.54) is 18.5 Å². The largest absolute Gasteiger partial charge is 0.288 e. The van der Waals surface area contributed by atoms with Gasteiger partial charge in [-0.1, -0.05) is 0 Å². The number of hydrogen-bond acceptors (Lipinski definition) is 4. The minimum absolute atomic E-state index is 0.131. The molecule has 2 rings (SSSR count). The Hall–Kier alpha value is -1.58. The lowest BCUT2D eigenvalue weighted by Gasteiger charge is -1.97. The number of dihydropyridines is 1. The number of ketones is 1. The Balaban J connectivity index is 2.51. The number of fused-ring (bicyclic) bond motifs is 1. The monoisotopic (exact) mass is 133 g/mol. The summed E-state index contributed by atoms with van der Waals surface area (Å²) in [7, 11) is 0. The summed E-state index contributed by atoms with van der Waals surface area (Å²) in [5.74, 6) is -0.131. The number of aliphatic imine (C=N–C) groups is 1. The van der Waals surface area contributed by atoms with Crippen LogP contribution in [-0.2, 0) is 4.79 Å². The highest BCUT2D eigenvalue weighted by molar-refractivity contribution is 6.34. The number of carbonyl (C=O) groups excluding carboxylic acids is 1. The number of allylic oxidation sites excluding steroid dienone is 1. The van der Waals surface area contributed by atoms with Crippen LogP contribution >= 0.6 is 0 Å². The van der Waals surface area contributed by atoms with Crippen LogP contribution in [0.15, 0.2) is 38.9 Å². The molecule has 2 heterocycles. The fourth-order valence-electron chi connectivity index (χ4n) is 0.771. The van der Waals surface area contributed by atoms with Gasteiger partial charge in [0.25, 0.3) is 0 Å². The van der Waals surface area contributed by atoms with E-state index in [0.717, 1.165) is 0 Å². The van der Waals surface area contributed by atoms with Crippen LogP contribution in [0, 0.1) is 0 Å². The molecule has 0 fully saturated rings. The summed E-state index contributed by atoms with van der Waals surface area (Å²) in [6.45, 7) is 0. The predicted octanol–water partition coefficient (Wildman–Crippen LogP) is 0.831. The number of nitrogens with zero attached hydrogens (tertiary/aromatic N) is 3. The van der Waals surface area contributed by atoms with Crippen LogP contribution in [0.5, 0.6) is 0 Å². The molecular formula is C6H3N3O. The van der Waals surface area contributed by atoms with Crippen molar-refractivity contribution in [3.63, 3.8) is 0 Å². The van der Waals surface area contributed by atoms with Crippen molar-refractivity contribution in [2.45, 2.75) is 0 Å². The molecule has 0 aromatic carbocycles. The minimum atomic E-state index is -0.131. The standard InChI is InChI=1S/C6H3N3O/c10-4-1-5-6(7-2-4)3-8-9-5/h1-3H. The van der Waals surface area contributed by atoms with Crippen molar-refractivity contribution in [1.82, 2.24) is 0 Å². The summed E-state index contributed by atoms with van der Waals surface area (Å²) >= 11 is 0. The molecule has 0 unspecified atom stereocenters. The molecule has 0 aromatic heterocycles. The Kier molecular flexibility index (Phi) is 0.887. The Bertz CT molecular complexity index is 309. The smallest absolute Gasteiger partial charge is 0.199 e. The molecule has 48 valence electrons. The van der Waals surface area contributed by atoms with Crippen LogP contribution in [-0.4, -0.2) is 12.0 Å². The van der Waals surface area contributed by atoms with E-state index in [4.69, 9.17) is 0 Å². The lowest BCUT2D eigenvalue weighted by molar-refractivity contribution is -0.108. The SMILES string of the molecule is O=C1C=NC2=CN=NC2=C1. The fraction of sp³-hybridized carbons (Fsp3) is 0. The maximum Gasteiger partial charge on any atom is 0.199 e. The highest BCUT2D eigenvalue weighted by atomic mass is 16.1. The van der Waals surface area contributed by atoms with Crippen molar-refractivity contribution >= 4 is 12.0 Å². The van der Waals surface area contributed by atoms with Gasteiger partial charge in [-0.15, -0.1) is 5.11 Å². The molecule has 0 saturated heterocycles. The maximum atomic E-state index is 10.7. The average molecular weight is 133 g/mol. The molecule has 0 saturated carbocycles. The molecule has 0 N–H and O–H groups in total. The first-order chi connectivity index (χ1) is 4.86. The Morgan fingerprint density at radius 3 is 3.10 bits per heavy atom. The Morgan fingerprint density at radius 1 is 1.30 bits per heavy atom. The van der Waals surface area contributed by atoms with E-state index in [1.807, 2.05) is 0 Å². The third-order valence-corrected chi connectivity index (χ3v) is 1.22. The quantitative estimate of drug-likeness (QED) is 0.482. The summed E-state index contributed by atoms with van der Waals surface area (Å²) in [4.78, 5) is 14.5. The van der Waals surface area contributed by atoms with E-state index in [-0.39, 0.29) is 5.78 Å². The summed E-state index contributed by atoms with van der Waals surface area (Å²) < 4.78 is 0. The zero-order chi connectivity index (χ0) is 6.97. The molecule has 2 aliphatic rings. The van der Waals surface area contributed by atoms with Gasteiger partial charge in [-0.05, 0) is 0 Å². The number of carbonyl (C=O) groups is 1. The van der Waals surface area contributed by atoms with Crippen LogP contribution in [0.3, 0.4) is 0 Å². The summed E-state index contributed by atoms with van der Waals surface area (Å²) in [6.07, 6.45) is 4.19. The van der Waals surface area contributed by atoms with Gasteiger partial charge in [0.2, 0.25) is 0 Å².